The molecule has 0 spiro atoms. The number of benzene rings is 1. The third kappa shape index (κ3) is 7.24. The third-order valence-corrected chi connectivity index (χ3v) is 8.94. The summed E-state index contributed by atoms with van der Waals surface area (Å²) in [6, 6.07) is 3.66. The van der Waals surface area contributed by atoms with Gasteiger partial charge in [0.1, 0.15) is 17.7 Å². The van der Waals surface area contributed by atoms with Crippen LogP contribution in [0.25, 0.3) is 0 Å². The van der Waals surface area contributed by atoms with Gasteiger partial charge in [-0.2, -0.15) is 0 Å². The van der Waals surface area contributed by atoms with E-state index in [4.69, 9.17) is 4.74 Å². The van der Waals surface area contributed by atoms with Gasteiger partial charge in [0.25, 0.3) is 5.91 Å². The van der Waals surface area contributed by atoms with Crippen molar-refractivity contribution in [2.75, 3.05) is 44.4 Å². The van der Waals surface area contributed by atoms with Crippen molar-refractivity contribution in [3.63, 3.8) is 0 Å². The fraction of sp³-hybridized carbons (Fsp3) is 0.538. The molecule has 11 heteroatoms. The molecule has 1 saturated heterocycles. The Kier molecular flexibility index (Phi) is 8.45. The molecule has 202 valence electrons. The highest BCUT2D eigenvalue weighted by atomic mass is 32.2. The minimum Gasteiger partial charge on any atom is -0.378 e. The van der Waals surface area contributed by atoms with Crippen molar-refractivity contribution < 1.29 is 31.5 Å². The van der Waals surface area contributed by atoms with Crippen LogP contribution in [0.1, 0.15) is 30.1 Å². The number of carbonyl (C=O) groups is 2. The van der Waals surface area contributed by atoms with Gasteiger partial charge in [0.15, 0.2) is 9.84 Å². The van der Waals surface area contributed by atoms with Gasteiger partial charge in [-0.3, -0.25) is 9.59 Å². The van der Waals surface area contributed by atoms with E-state index in [9.17, 15) is 26.8 Å². The lowest BCUT2D eigenvalue weighted by Gasteiger charge is -2.30. The summed E-state index contributed by atoms with van der Waals surface area (Å²) in [5, 5.41) is 5.81. The molecule has 0 radical (unpaired) electrons. The minimum absolute atomic E-state index is 0.125. The molecule has 0 bridgehead atoms. The Bertz CT molecular complexity index is 1170. The molecule has 4 rings (SSSR count). The lowest BCUT2D eigenvalue weighted by Crippen LogP contribution is -2.54. The summed E-state index contributed by atoms with van der Waals surface area (Å²) in [5.41, 5.74) is -0.0353. The molecule has 2 fully saturated rings. The summed E-state index contributed by atoms with van der Waals surface area (Å²) in [6.07, 6.45) is 6.43. The SMILES string of the molecule is CC1([C@@H]2CC2NCCS(=O)(=O)C[C@H](NC(=O)c2ccc(F)cc2)C(=O)N2CCOCC2)C=CC(F)=CC1. The van der Waals surface area contributed by atoms with Crippen LogP contribution in [0.5, 0.6) is 0 Å². The molecule has 37 heavy (non-hydrogen) atoms. The second-order valence-electron chi connectivity index (χ2n) is 10.1. The van der Waals surface area contributed by atoms with Crippen molar-refractivity contribution in [3.8, 4) is 0 Å². The Balaban J connectivity index is 1.34. The molecular formula is C26H33F2N3O5S. The van der Waals surface area contributed by atoms with Crippen molar-refractivity contribution in [2.24, 2.45) is 11.3 Å². The van der Waals surface area contributed by atoms with Crippen LogP contribution in [0.2, 0.25) is 0 Å². The fourth-order valence-corrected chi connectivity index (χ4v) is 6.24. The predicted molar refractivity (Wildman–Crippen MR) is 135 cm³/mol. The zero-order valence-electron chi connectivity index (χ0n) is 20.8. The maximum atomic E-state index is 13.3. The first-order valence-corrected chi connectivity index (χ1v) is 14.3. The third-order valence-electron chi connectivity index (χ3n) is 7.27. The number of ether oxygens (including phenoxy) is 1. The van der Waals surface area contributed by atoms with Crippen LogP contribution in [0, 0.1) is 17.2 Å². The molecule has 1 aromatic carbocycles. The molecule has 4 atom stereocenters. The van der Waals surface area contributed by atoms with Crippen LogP contribution >= 0.6 is 0 Å². The Labute approximate surface area is 216 Å². The standard InChI is InChI=1S/C26H33F2N3O5S/c1-26(8-6-20(28)7-9-26)21-16-22(21)29-10-15-37(34,35)17-23(25(33)31-11-13-36-14-12-31)30-24(32)18-2-4-19(27)5-3-18/h2-8,21-23,29H,9-17H2,1H3,(H,30,32)/t21-,22?,23+,26?/m1/s1. The molecule has 1 heterocycles. The number of hydrogen-bond acceptors (Lipinski definition) is 6. The highest BCUT2D eigenvalue weighted by Gasteiger charge is 2.48. The van der Waals surface area contributed by atoms with Crippen molar-refractivity contribution in [1.82, 2.24) is 15.5 Å². The molecule has 8 nitrogen and oxygen atoms in total. The van der Waals surface area contributed by atoms with Crippen LogP contribution in [-0.4, -0.2) is 81.6 Å². The molecule has 0 aromatic heterocycles. The van der Waals surface area contributed by atoms with E-state index in [1.807, 2.05) is 6.08 Å². The number of rotatable bonds is 10. The molecule has 2 unspecified atom stereocenters. The lowest BCUT2D eigenvalue weighted by molar-refractivity contribution is -0.136. The first kappa shape index (κ1) is 27.4. The van der Waals surface area contributed by atoms with E-state index in [-0.39, 0.29) is 35.1 Å². The zero-order valence-corrected chi connectivity index (χ0v) is 21.6. The van der Waals surface area contributed by atoms with E-state index < -0.39 is 39.3 Å². The molecular weight excluding hydrogens is 504 g/mol. The molecule has 2 aliphatic carbocycles. The van der Waals surface area contributed by atoms with Gasteiger partial charge in [-0.1, -0.05) is 13.0 Å². The van der Waals surface area contributed by atoms with Crippen LogP contribution in [0.15, 0.2) is 48.3 Å². The van der Waals surface area contributed by atoms with Gasteiger partial charge < -0.3 is 20.3 Å². The number of allylic oxidation sites excluding steroid dienone is 4. The number of morpholine rings is 1. The Morgan fingerprint density at radius 1 is 1.19 bits per heavy atom. The zero-order chi connectivity index (χ0) is 26.6. The number of hydrogen-bond donors (Lipinski definition) is 2. The average molecular weight is 538 g/mol. The average Bonchev–Trinajstić information content (AvgIpc) is 3.66. The van der Waals surface area contributed by atoms with Gasteiger partial charge in [0.05, 0.1) is 24.7 Å². The number of nitrogens with zero attached hydrogens (tertiary/aromatic N) is 1. The van der Waals surface area contributed by atoms with Crippen molar-refractivity contribution in [3.05, 3.63) is 59.7 Å². The van der Waals surface area contributed by atoms with Crippen molar-refractivity contribution in [2.45, 2.75) is 31.8 Å². The molecule has 1 aromatic rings. The highest BCUT2D eigenvalue weighted by Crippen LogP contribution is 2.50. The van der Waals surface area contributed by atoms with Gasteiger partial charge in [-0.05, 0) is 60.6 Å². The normalized spacial score (nSPS) is 26.4. The summed E-state index contributed by atoms with van der Waals surface area (Å²) in [6.45, 7) is 3.55. The summed E-state index contributed by atoms with van der Waals surface area (Å²) < 4.78 is 57.8. The summed E-state index contributed by atoms with van der Waals surface area (Å²) in [5.74, 6) is -2.34. The monoisotopic (exact) mass is 537 g/mol. The number of sulfone groups is 1. The number of amides is 2. The first-order chi connectivity index (χ1) is 17.6. The summed E-state index contributed by atoms with van der Waals surface area (Å²) >= 11 is 0. The van der Waals surface area contributed by atoms with Crippen LogP contribution in [0.4, 0.5) is 8.78 Å². The van der Waals surface area contributed by atoms with Crippen molar-refractivity contribution in [1.29, 1.82) is 0 Å². The topological polar surface area (TPSA) is 105 Å². The van der Waals surface area contributed by atoms with Gasteiger partial charge in [-0.15, -0.1) is 0 Å². The van der Waals surface area contributed by atoms with Gasteiger partial charge in [0, 0.05) is 31.2 Å². The highest BCUT2D eigenvalue weighted by molar-refractivity contribution is 7.91. The summed E-state index contributed by atoms with van der Waals surface area (Å²) in [7, 11) is -3.72. The van der Waals surface area contributed by atoms with Crippen molar-refractivity contribution >= 4 is 21.7 Å². The van der Waals surface area contributed by atoms with Crippen LogP contribution < -0.4 is 10.6 Å². The maximum Gasteiger partial charge on any atom is 0.251 e. The van der Waals surface area contributed by atoms with E-state index in [1.54, 1.807) is 6.08 Å². The molecule has 3 aliphatic rings. The summed E-state index contributed by atoms with van der Waals surface area (Å²) in [4.78, 5) is 27.3. The van der Waals surface area contributed by atoms with E-state index in [2.05, 4.69) is 17.6 Å². The number of nitrogens with one attached hydrogen (secondary N) is 2. The number of carbonyl (C=O) groups excluding carboxylic acids is 2. The second kappa shape index (κ2) is 11.4. The molecule has 1 aliphatic heterocycles. The maximum absolute atomic E-state index is 13.3. The van der Waals surface area contributed by atoms with E-state index >= 15 is 0 Å². The first-order valence-electron chi connectivity index (χ1n) is 12.5. The predicted octanol–water partition coefficient (Wildman–Crippen LogP) is 2.00. The van der Waals surface area contributed by atoms with Gasteiger partial charge >= 0.3 is 0 Å². The fourth-order valence-electron chi connectivity index (χ4n) is 4.91. The smallest absolute Gasteiger partial charge is 0.251 e. The Morgan fingerprint density at radius 3 is 2.54 bits per heavy atom. The molecule has 2 amide bonds. The Hall–Kier alpha value is -2.63. The second-order valence-corrected chi connectivity index (χ2v) is 12.3. The van der Waals surface area contributed by atoms with E-state index in [1.165, 1.54) is 23.1 Å². The van der Waals surface area contributed by atoms with Crippen LogP contribution in [0.3, 0.4) is 0 Å². The van der Waals surface area contributed by atoms with Gasteiger partial charge in [0.2, 0.25) is 5.91 Å². The quantitative estimate of drug-likeness (QED) is 0.473. The van der Waals surface area contributed by atoms with Crippen LogP contribution in [-0.2, 0) is 19.4 Å². The van der Waals surface area contributed by atoms with E-state index in [0.29, 0.717) is 38.6 Å². The largest absolute Gasteiger partial charge is 0.378 e. The lowest BCUT2D eigenvalue weighted by atomic mass is 9.78. The van der Waals surface area contributed by atoms with E-state index in [0.717, 1.165) is 18.6 Å². The number of halogens is 2. The molecule has 1 saturated carbocycles. The molecule has 2 N–H and O–H groups in total. The van der Waals surface area contributed by atoms with Gasteiger partial charge in [-0.25, -0.2) is 17.2 Å². The Morgan fingerprint density at radius 2 is 1.89 bits per heavy atom. The minimum atomic E-state index is -3.72.